The van der Waals surface area contributed by atoms with Gasteiger partial charge in [0.05, 0.1) is 11.4 Å². The van der Waals surface area contributed by atoms with Crippen molar-refractivity contribution in [3.63, 3.8) is 0 Å². The summed E-state index contributed by atoms with van der Waals surface area (Å²) in [6, 6.07) is 0. The fourth-order valence-corrected chi connectivity index (χ4v) is 1.19. The van der Waals surface area contributed by atoms with E-state index in [4.69, 9.17) is 5.73 Å². The lowest BCUT2D eigenvalue weighted by Crippen LogP contribution is -2.18. The Kier molecular flexibility index (Phi) is 4.96. The highest BCUT2D eigenvalue weighted by Crippen LogP contribution is 2.06. The predicted molar refractivity (Wildman–Crippen MR) is 65.4 cm³/mol. The summed E-state index contributed by atoms with van der Waals surface area (Å²) >= 11 is 0. The fraction of sp³-hybridized carbons (Fsp3) is 0.636. The van der Waals surface area contributed by atoms with E-state index < -0.39 is 0 Å². The summed E-state index contributed by atoms with van der Waals surface area (Å²) in [5.41, 5.74) is 7.01. The number of aromatic nitrogens is 3. The van der Waals surface area contributed by atoms with E-state index >= 15 is 0 Å². The number of anilines is 1. The zero-order valence-electron chi connectivity index (χ0n) is 10.5. The number of rotatable bonds is 5. The molecule has 0 aliphatic rings. The summed E-state index contributed by atoms with van der Waals surface area (Å²) in [7, 11) is 0. The van der Waals surface area contributed by atoms with E-state index in [0.29, 0.717) is 18.9 Å². The van der Waals surface area contributed by atoms with Crippen LogP contribution in [-0.4, -0.2) is 27.6 Å². The van der Waals surface area contributed by atoms with Crippen molar-refractivity contribution in [1.82, 2.24) is 15.2 Å². The second kappa shape index (κ2) is 6.24. The third-order valence-electron chi connectivity index (χ3n) is 2.61. The SMILES string of the molecule is Cc1nnc(NC(=O)CCC(C)CN)nc1C. The number of carbonyl (C=O) groups is 1. The number of nitrogens with zero attached hydrogens (tertiary/aromatic N) is 3. The van der Waals surface area contributed by atoms with Crippen LogP contribution in [0.25, 0.3) is 0 Å². The van der Waals surface area contributed by atoms with Crippen LogP contribution in [0.5, 0.6) is 0 Å². The lowest BCUT2D eigenvalue weighted by atomic mass is 10.1. The van der Waals surface area contributed by atoms with Gasteiger partial charge in [-0.25, -0.2) is 4.98 Å². The molecule has 94 valence electrons. The molecule has 1 heterocycles. The van der Waals surface area contributed by atoms with Crippen molar-refractivity contribution in [2.24, 2.45) is 11.7 Å². The third kappa shape index (κ3) is 4.44. The number of nitrogens with one attached hydrogen (secondary N) is 1. The van der Waals surface area contributed by atoms with Crippen LogP contribution in [0.3, 0.4) is 0 Å². The molecule has 0 radical (unpaired) electrons. The molecule has 6 nitrogen and oxygen atoms in total. The molecule has 17 heavy (non-hydrogen) atoms. The van der Waals surface area contributed by atoms with Gasteiger partial charge in [0.25, 0.3) is 0 Å². The van der Waals surface area contributed by atoms with Gasteiger partial charge in [-0.3, -0.25) is 10.1 Å². The number of aryl methyl sites for hydroxylation is 2. The van der Waals surface area contributed by atoms with Crippen LogP contribution in [0.4, 0.5) is 5.95 Å². The van der Waals surface area contributed by atoms with Crippen LogP contribution in [-0.2, 0) is 4.79 Å². The highest BCUT2D eigenvalue weighted by Gasteiger charge is 2.08. The lowest BCUT2D eigenvalue weighted by molar-refractivity contribution is -0.116. The molecule has 1 aromatic rings. The zero-order chi connectivity index (χ0) is 12.8. The van der Waals surface area contributed by atoms with E-state index in [9.17, 15) is 4.79 Å². The van der Waals surface area contributed by atoms with Crippen molar-refractivity contribution < 1.29 is 4.79 Å². The van der Waals surface area contributed by atoms with Crippen molar-refractivity contribution in [3.8, 4) is 0 Å². The highest BCUT2D eigenvalue weighted by atomic mass is 16.1. The number of carbonyl (C=O) groups excluding carboxylic acids is 1. The van der Waals surface area contributed by atoms with Crippen LogP contribution < -0.4 is 11.1 Å². The van der Waals surface area contributed by atoms with Gasteiger partial charge in [0.1, 0.15) is 0 Å². The zero-order valence-corrected chi connectivity index (χ0v) is 10.5. The van der Waals surface area contributed by atoms with Gasteiger partial charge < -0.3 is 5.73 Å². The lowest BCUT2D eigenvalue weighted by Gasteiger charge is -2.08. The van der Waals surface area contributed by atoms with E-state index in [2.05, 4.69) is 20.5 Å². The molecule has 1 amide bonds. The Balaban J connectivity index is 2.48. The molecule has 0 aliphatic carbocycles. The standard InChI is InChI=1S/C11H19N5O/c1-7(6-12)4-5-10(17)14-11-13-8(2)9(3)15-16-11/h7H,4-6,12H2,1-3H3,(H,13,14,16,17). The highest BCUT2D eigenvalue weighted by molar-refractivity contribution is 5.88. The number of hydrogen-bond acceptors (Lipinski definition) is 5. The first-order valence-corrected chi connectivity index (χ1v) is 5.70. The molecule has 1 unspecified atom stereocenters. The quantitative estimate of drug-likeness (QED) is 0.790. The molecule has 0 aromatic carbocycles. The van der Waals surface area contributed by atoms with Crippen molar-refractivity contribution in [2.75, 3.05) is 11.9 Å². The average molecular weight is 237 g/mol. The minimum atomic E-state index is -0.102. The summed E-state index contributed by atoms with van der Waals surface area (Å²) < 4.78 is 0. The average Bonchev–Trinajstić information content (AvgIpc) is 2.31. The van der Waals surface area contributed by atoms with Gasteiger partial charge in [0, 0.05) is 6.42 Å². The van der Waals surface area contributed by atoms with Crippen LogP contribution in [0.1, 0.15) is 31.2 Å². The molecule has 1 aromatic heterocycles. The maximum Gasteiger partial charge on any atom is 0.249 e. The number of nitrogens with two attached hydrogens (primary N) is 1. The summed E-state index contributed by atoms with van der Waals surface area (Å²) in [4.78, 5) is 15.7. The largest absolute Gasteiger partial charge is 0.330 e. The van der Waals surface area contributed by atoms with Gasteiger partial charge in [0.2, 0.25) is 11.9 Å². The molecule has 0 fully saturated rings. The van der Waals surface area contributed by atoms with Gasteiger partial charge >= 0.3 is 0 Å². The molecular weight excluding hydrogens is 218 g/mol. The van der Waals surface area contributed by atoms with E-state index in [0.717, 1.165) is 17.8 Å². The number of hydrogen-bond donors (Lipinski definition) is 2. The Hall–Kier alpha value is -1.56. The van der Waals surface area contributed by atoms with E-state index in [-0.39, 0.29) is 11.9 Å². The first-order valence-electron chi connectivity index (χ1n) is 5.70. The minimum absolute atomic E-state index is 0.102. The molecule has 3 N–H and O–H groups in total. The Labute approximate surface area is 101 Å². The maximum absolute atomic E-state index is 11.6. The Bertz CT molecular complexity index is 393. The molecule has 0 spiro atoms. The van der Waals surface area contributed by atoms with Crippen molar-refractivity contribution >= 4 is 11.9 Å². The summed E-state index contributed by atoms with van der Waals surface area (Å²) in [6.07, 6.45) is 1.19. The normalized spacial score (nSPS) is 12.2. The van der Waals surface area contributed by atoms with Crippen LogP contribution in [0.2, 0.25) is 0 Å². The first kappa shape index (κ1) is 13.5. The number of amides is 1. The van der Waals surface area contributed by atoms with Crippen molar-refractivity contribution in [3.05, 3.63) is 11.4 Å². The van der Waals surface area contributed by atoms with E-state index in [1.165, 1.54) is 0 Å². The van der Waals surface area contributed by atoms with Gasteiger partial charge in [-0.15, -0.1) is 5.10 Å². The Morgan fingerprint density at radius 2 is 2.06 bits per heavy atom. The van der Waals surface area contributed by atoms with E-state index in [1.54, 1.807) is 0 Å². The second-order valence-electron chi connectivity index (χ2n) is 4.23. The van der Waals surface area contributed by atoms with Crippen LogP contribution in [0.15, 0.2) is 0 Å². The topological polar surface area (TPSA) is 93.8 Å². The monoisotopic (exact) mass is 237 g/mol. The minimum Gasteiger partial charge on any atom is -0.330 e. The molecule has 0 bridgehead atoms. The third-order valence-corrected chi connectivity index (χ3v) is 2.61. The van der Waals surface area contributed by atoms with Gasteiger partial charge in [-0.05, 0) is 32.7 Å². The van der Waals surface area contributed by atoms with E-state index in [1.807, 2.05) is 20.8 Å². The Morgan fingerprint density at radius 1 is 1.35 bits per heavy atom. The van der Waals surface area contributed by atoms with Crippen molar-refractivity contribution in [2.45, 2.75) is 33.6 Å². The summed E-state index contributed by atoms with van der Waals surface area (Å²) in [5.74, 6) is 0.508. The molecule has 0 saturated heterocycles. The molecule has 1 atom stereocenters. The maximum atomic E-state index is 11.6. The van der Waals surface area contributed by atoms with Gasteiger partial charge in [0.15, 0.2) is 0 Å². The Morgan fingerprint density at radius 3 is 2.65 bits per heavy atom. The van der Waals surface area contributed by atoms with Crippen LogP contribution >= 0.6 is 0 Å². The van der Waals surface area contributed by atoms with Crippen molar-refractivity contribution in [1.29, 1.82) is 0 Å². The van der Waals surface area contributed by atoms with Gasteiger partial charge in [-0.2, -0.15) is 5.10 Å². The van der Waals surface area contributed by atoms with Crippen LogP contribution in [0, 0.1) is 19.8 Å². The van der Waals surface area contributed by atoms with Gasteiger partial charge in [-0.1, -0.05) is 6.92 Å². The molecule has 0 saturated carbocycles. The second-order valence-corrected chi connectivity index (χ2v) is 4.23. The smallest absolute Gasteiger partial charge is 0.249 e. The first-order chi connectivity index (χ1) is 8.02. The molecule has 1 rings (SSSR count). The molecular formula is C11H19N5O. The molecule has 6 heteroatoms. The fourth-order valence-electron chi connectivity index (χ4n) is 1.19. The molecule has 0 aliphatic heterocycles. The summed E-state index contributed by atoms with van der Waals surface area (Å²) in [6.45, 7) is 6.26. The predicted octanol–water partition coefficient (Wildman–Crippen LogP) is 0.802. The summed E-state index contributed by atoms with van der Waals surface area (Å²) in [5, 5.41) is 10.3.